The SMILES string of the molecule is CCOC(=O)[C@@H]1CCCN(C(=O)c2c(C)nn(-c3ccc(F)cc3)c2-n2cccc2)C1. The van der Waals surface area contributed by atoms with E-state index >= 15 is 0 Å². The van der Waals surface area contributed by atoms with Crippen LogP contribution in [-0.2, 0) is 9.53 Å². The zero-order chi connectivity index (χ0) is 22.0. The lowest BCUT2D eigenvalue weighted by Crippen LogP contribution is -2.43. The van der Waals surface area contributed by atoms with E-state index in [1.807, 2.05) is 29.1 Å². The number of hydrogen-bond acceptors (Lipinski definition) is 4. The van der Waals surface area contributed by atoms with E-state index in [-0.39, 0.29) is 23.6 Å². The monoisotopic (exact) mass is 424 g/mol. The molecule has 1 fully saturated rings. The normalized spacial score (nSPS) is 16.4. The number of benzene rings is 1. The predicted octanol–water partition coefficient (Wildman–Crippen LogP) is 3.53. The van der Waals surface area contributed by atoms with Gasteiger partial charge in [0.25, 0.3) is 5.91 Å². The summed E-state index contributed by atoms with van der Waals surface area (Å²) in [5.74, 6) is -0.518. The number of esters is 1. The summed E-state index contributed by atoms with van der Waals surface area (Å²) in [7, 11) is 0. The molecule has 0 aliphatic carbocycles. The van der Waals surface area contributed by atoms with E-state index in [9.17, 15) is 14.0 Å². The van der Waals surface area contributed by atoms with Crippen molar-refractivity contribution in [2.45, 2.75) is 26.7 Å². The largest absolute Gasteiger partial charge is 0.466 e. The predicted molar refractivity (Wildman–Crippen MR) is 113 cm³/mol. The highest BCUT2D eigenvalue weighted by Crippen LogP contribution is 2.27. The summed E-state index contributed by atoms with van der Waals surface area (Å²) in [6, 6.07) is 9.71. The molecule has 1 atom stereocenters. The van der Waals surface area contributed by atoms with Crippen LogP contribution in [0.5, 0.6) is 0 Å². The number of halogens is 1. The summed E-state index contributed by atoms with van der Waals surface area (Å²) in [4.78, 5) is 27.5. The molecule has 3 aromatic rings. The minimum atomic E-state index is -0.343. The minimum Gasteiger partial charge on any atom is -0.466 e. The van der Waals surface area contributed by atoms with Crippen molar-refractivity contribution in [1.82, 2.24) is 19.2 Å². The fourth-order valence-corrected chi connectivity index (χ4v) is 4.01. The van der Waals surface area contributed by atoms with Gasteiger partial charge in [-0.05, 0) is 63.1 Å². The molecule has 1 saturated heterocycles. The third-order valence-electron chi connectivity index (χ3n) is 5.50. The molecule has 0 bridgehead atoms. The molecule has 162 valence electrons. The van der Waals surface area contributed by atoms with Gasteiger partial charge in [0.1, 0.15) is 11.4 Å². The van der Waals surface area contributed by atoms with Crippen molar-refractivity contribution in [2.24, 2.45) is 5.92 Å². The smallest absolute Gasteiger partial charge is 0.310 e. The van der Waals surface area contributed by atoms with Crippen LogP contribution in [0, 0.1) is 18.7 Å². The third-order valence-corrected chi connectivity index (χ3v) is 5.50. The molecular weight excluding hydrogens is 399 g/mol. The Bertz CT molecular complexity index is 1070. The molecule has 2 aromatic heterocycles. The number of aryl methyl sites for hydroxylation is 1. The summed E-state index contributed by atoms with van der Waals surface area (Å²) < 4.78 is 22.1. The zero-order valence-corrected chi connectivity index (χ0v) is 17.6. The summed E-state index contributed by atoms with van der Waals surface area (Å²) in [6.45, 7) is 4.78. The Morgan fingerprint density at radius 3 is 2.58 bits per heavy atom. The van der Waals surface area contributed by atoms with Gasteiger partial charge in [0, 0.05) is 25.5 Å². The van der Waals surface area contributed by atoms with Crippen LogP contribution >= 0.6 is 0 Å². The first-order chi connectivity index (χ1) is 15.0. The van der Waals surface area contributed by atoms with Gasteiger partial charge in [0.2, 0.25) is 0 Å². The average molecular weight is 424 g/mol. The van der Waals surface area contributed by atoms with Crippen molar-refractivity contribution < 1.29 is 18.7 Å². The molecule has 0 N–H and O–H groups in total. The number of piperidine rings is 1. The number of likely N-dealkylation sites (tertiary alicyclic amines) is 1. The maximum atomic E-state index is 13.6. The molecule has 1 aliphatic rings. The number of aromatic nitrogens is 3. The standard InChI is InChI=1S/C23H25FN4O3/c1-3-31-23(30)17-7-6-14-27(15-17)22(29)20-16(2)25-28(19-10-8-18(24)9-11-19)21(20)26-12-4-5-13-26/h4-5,8-13,17H,3,6-7,14-15H2,1-2H3/t17-/m1/s1. The van der Waals surface area contributed by atoms with E-state index < -0.39 is 0 Å². The Balaban J connectivity index is 1.73. The van der Waals surface area contributed by atoms with Crippen LogP contribution in [0.15, 0.2) is 48.8 Å². The fraction of sp³-hybridized carbons (Fsp3) is 0.348. The number of hydrogen-bond donors (Lipinski definition) is 0. The molecule has 0 spiro atoms. The summed E-state index contributed by atoms with van der Waals surface area (Å²) in [5, 5.41) is 4.60. The van der Waals surface area contributed by atoms with Crippen LogP contribution in [-0.4, -0.2) is 50.8 Å². The summed E-state index contributed by atoms with van der Waals surface area (Å²) in [6.07, 6.45) is 5.12. The van der Waals surface area contributed by atoms with Crippen molar-refractivity contribution in [1.29, 1.82) is 0 Å². The van der Waals surface area contributed by atoms with Crippen molar-refractivity contribution in [2.75, 3.05) is 19.7 Å². The molecule has 1 amide bonds. The van der Waals surface area contributed by atoms with E-state index in [1.165, 1.54) is 12.1 Å². The maximum Gasteiger partial charge on any atom is 0.310 e. The lowest BCUT2D eigenvalue weighted by molar-refractivity contribution is -0.149. The third kappa shape index (κ3) is 4.10. The molecule has 0 unspecified atom stereocenters. The Hall–Kier alpha value is -3.42. The molecular formula is C23H25FN4O3. The van der Waals surface area contributed by atoms with E-state index in [0.717, 1.165) is 6.42 Å². The van der Waals surface area contributed by atoms with E-state index in [4.69, 9.17) is 4.74 Å². The number of ether oxygens (including phenoxy) is 1. The molecule has 4 rings (SSSR count). The highest BCUT2D eigenvalue weighted by molar-refractivity contribution is 5.99. The van der Waals surface area contributed by atoms with E-state index in [0.29, 0.717) is 48.9 Å². The number of carbonyl (C=O) groups is 2. The quantitative estimate of drug-likeness (QED) is 0.588. The maximum absolute atomic E-state index is 13.6. The van der Waals surface area contributed by atoms with Gasteiger partial charge >= 0.3 is 5.97 Å². The first-order valence-electron chi connectivity index (χ1n) is 10.4. The number of nitrogens with zero attached hydrogens (tertiary/aromatic N) is 4. The molecule has 0 radical (unpaired) electrons. The van der Waals surface area contributed by atoms with Crippen molar-refractivity contribution in [3.63, 3.8) is 0 Å². The van der Waals surface area contributed by atoms with Crippen LogP contribution < -0.4 is 0 Å². The lowest BCUT2D eigenvalue weighted by Gasteiger charge is -2.31. The lowest BCUT2D eigenvalue weighted by atomic mass is 9.97. The molecule has 3 heterocycles. The first kappa shape index (κ1) is 20.8. The van der Waals surface area contributed by atoms with Gasteiger partial charge in [-0.3, -0.25) is 9.59 Å². The van der Waals surface area contributed by atoms with Gasteiger partial charge < -0.3 is 14.2 Å². The van der Waals surface area contributed by atoms with Gasteiger partial charge in [-0.2, -0.15) is 5.10 Å². The van der Waals surface area contributed by atoms with Crippen LogP contribution in [0.4, 0.5) is 4.39 Å². The van der Waals surface area contributed by atoms with Gasteiger partial charge in [-0.15, -0.1) is 0 Å². The van der Waals surface area contributed by atoms with Crippen molar-refractivity contribution in [3.05, 3.63) is 65.9 Å². The molecule has 8 heteroatoms. The Labute approximate surface area is 180 Å². The molecule has 7 nitrogen and oxygen atoms in total. The molecule has 1 aliphatic heterocycles. The molecule has 31 heavy (non-hydrogen) atoms. The Kier molecular flexibility index (Phi) is 5.88. The highest BCUT2D eigenvalue weighted by Gasteiger charge is 2.33. The topological polar surface area (TPSA) is 69.4 Å². The number of rotatable bonds is 5. The average Bonchev–Trinajstić information content (AvgIpc) is 3.42. The molecule has 1 aromatic carbocycles. The second-order valence-corrected chi connectivity index (χ2v) is 7.60. The minimum absolute atomic E-state index is 0.177. The first-order valence-corrected chi connectivity index (χ1v) is 10.4. The van der Waals surface area contributed by atoms with Crippen LogP contribution in [0.2, 0.25) is 0 Å². The fourth-order valence-electron chi connectivity index (χ4n) is 4.01. The Morgan fingerprint density at radius 1 is 1.19 bits per heavy atom. The van der Waals surface area contributed by atoms with Crippen LogP contribution in [0.1, 0.15) is 35.8 Å². The van der Waals surface area contributed by atoms with Crippen LogP contribution in [0.25, 0.3) is 11.5 Å². The zero-order valence-electron chi connectivity index (χ0n) is 17.6. The summed E-state index contributed by atoms with van der Waals surface area (Å²) >= 11 is 0. The second-order valence-electron chi connectivity index (χ2n) is 7.60. The van der Waals surface area contributed by atoms with Gasteiger partial charge in [-0.1, -0.05) is 0 Å². The van der Waals surface area contributed by atoms with Gasteiger partial charge in [0.05, 0.1) is 23.9 Å². The van der Waals surface area contributed by atoms with Crippen LogP contribution in [0.3, 0.4) is 0 Å². The summed E-state index contributed by atoms with van der Waals surface area (Å²) in [5.41, 5.74) is 1.68. The molecule has 0 saturated carbocycles. The second kappa shape index (κ2) is 8.75. The Morgan fingerprint density at radius 2 is 1.90 bits per heavy atom. The highest BCUT2D eigenvalue weighted by atomic mass is 19.1. The van der Waals surface area contributed by atoms with Gasteiger partial charge in [-0.25, -0.2) is 9.07 Å². The van der Waals surface area contributed by atoms with Crippen molar-refractivity contribution >= 4 is 11.9 Å². The van der Waals surface area contributed by atoms with Gasteiger partial charge in [0.15, 0.2) is 5.82 Å². The van der Waals surface area contributed by atoms with Crippen molar-refractivity contribution in [3.8, 4) is 11.5 Å². The number of amides is 1. The van der Waals surface area contributed by atoms with E-state index in [2.05, 4.69) is 5.10 Å². The number of carbonyl (C=O) groups excluding carboxylic acids is 2. The van der Waals surface area contributed by atoms with E-state index in [1.54, 1.807) is 35.6 Å².